The van der Waals surface area contributed by atoms with Crippen LogP contribution in [0.1, 0.15) is 49.0 Å². The van der Waals surface area contributed by atoms with Crippen molar-refractivity contribution >= 4 is 5.91 Å². The monoisotopic (exact) mass is 233 g/mol. The van der Waals surface area contributed by atoms with Gasteiger partial charge in [-0.15, -0.1) is 0 Å². The molecule has 3 rings (SSSR count). The van der Waals surface area contributed by atoms with Gasteiger partial charge in [-0.3, -0.25) is 4.79 Å². The number of rotatable bonds is 1. The number of carbonyl (C=O) groups excluding carboxylic acids is 1. The van der Waals surface area contributed by atoms with Crippen LogP contribution in [0.25, 0.3) is 0 Å². The molecule has 0 aromatic carbocycles. The van der Waals surface area contributed by atoms with E-state index in [4.69, 9.17) is 5.73 Å². The van der Waals surface area contributed by atoms with Gasteiger partial charge in [-0.2, -0.15) is 0 Å². The molecule has 17 heavy (non-hydrogen) atoms. The second-order valence-corrected chi connectivity index (χ2v) is 5.12. The summed E-state index contributed by atoms with van der Waals surface area (Å²) in [5, 5.41) is 2.95. The minimum absolute atomic E-state index is 0.180. The molecular formula is C13H19N3O. The van der Waals surface area contributed by atoms with Gasteiger partial charge in [0.1, 0.15) is 0 Å². The summed E-state index contributed by atoms with van der Waals surface area (Å²) in [6.45, 7) is 0.759. The number of fused-ring (bicyclic) bond motifs is 1. The summed E-state index contributed by atoms with van der Waals surface area (Å²) < 4.78 is 2.34. The molecule has 1 aromatic heterocycles. The Balaban J connectivity index is 1.86. The minimum atomic E-state index is 0.180. The summed E-state index contributed by atoms with van der Waals surface area (Å²) in [4.78, 5) is 11.2. The maximum absolute atomic E-state index is 11.2. The van der Waals surface area contributed by atoms with E-state index in [1.807, 2.05) is 0 Å². The van der Waals surface area contributed by atoms with E-state index in [0.29, 0.717) is 12.5 Å². The number of hydrogen-bond donors (Lipinski definition) is 2. The molecule has 0 saturated carbocycles. The molecule has 2 unspecified atom stereocenters. The molecule has 2 aliphatic rings. The van der Waals surface area contributed by atoms with E-state index < -0.39 is 0 Å². The molecule has 1 aliphatic carbocycles. The van der Waals surface area contributed by atoms with Crippen molar-refractivity contribution in [1.29, 1.82) is 0 Å². The van der Waals surface area contributed by atoms with Crippen LogP contribution in [0.4, 0.5) is 0 Å². The van der Waals surface area contributed by atoms with Gasteiger partial charge in [0.25, 0.3) is 0 Å². The van der Waals surface area contributed by atoms with E-state index in [2.05, 4.69) is 22.1 Å². The number of amides is 1. The average molecular weight is 233 g/mol. The van der Waals surface area contributed by atoms with Crippen LogP contribution in [0.3, 0.4) is 0 Å². The Kier molecular flexibility index (Phi) is 2.67. The molecule has 1 amide bonds. The van der Waals surface area contributed by atoms with Crippen molar-refractivity contribution < 1.29 is 4.79 Å². The smallest absolute Gasteiger partial charge is 0.220 e. The Bertz CT molecular complexity index is 428. The fourth-order valence-electron chi connectivity index (χ4n) is 3.05. The zero-order valence-corrected chi connectivity index (χ0v) is 9.98. The Morgan fingerprint density at radius 2 is 2.24 bits per heavy atom. The van der Waals surface area contributed by atoms with E-state index in [1.165, 1.54) is 17.7 Å². The van der Waals surface area contributed by atoms with Crippen LogP contribution in [0.2, 0.25) is 0 Å². The van der Waals surface area contributed by atoms with E-state index in [1.54, 1.807) is 0 Å². The number of piperidine rings is 1. The zero-order valence-electron chi connectivity index (χ0n) is 9.98. The van der Waals surface area contributed by atoms with Crippen LogP contribution in [-0.2, 0) is 11.2 Å². The number of hydrogen-bond acceptors (Lipinski definition) is 2. The molecule has 4 nitrogen and oxygen atoms in total. The number of aromatic nitrogens is 1. The van der Waals surface area contributed by atoms with Crippen LogP contribution >= 0.6 is 0 Å². The van der Waals surface area contributed by atoms with E-state index >= 15 is 0 Å². The van der Waals surface area contributed by atoms with Crippen LogP contribution in [0, 0.1) is 0 Å². The topological polar surface area (TPSA) is 60.0 Å². The highest BCUT2D eigenvalue weighted by atomic mass is 16.1. The molecule has 0 spiro atoms. The Hall–Kier alpha value is -1.29. The molecule has 0 bridgehead atoms. The molecular weight excluding hydrogens is 214 g/mol. The Morgan fingerprint density at radius 1 is 1.35 bits per heavy atom. The van der Waals surface area contributed by atoms with Gasteiger partial charge in [-0.1, -0.05) is 0 Å². The lowest BCUT2D eigenvalue weighted by Gasteiger charge is -2.28. The molecule has 0 radical (unpaired) electrons. The lowest BCUT2D eigenvalue weighted by Crippen LogP contribution is -2.36. The van der Waals surface area contributed by atoms with Crippen molar-refractivity contribution in [2.24, 2.45) is 5.73 Å². The first-order chi connectivity index (χ1) is 8.25. The fourth-order valence-corrected chi connectivity index (χ4v) is 3.05. The normalized spacial score (nSPS) is 28.6. The highest BCUT2D eigenvalue weighted by molar-refractivity contribution is 5.76. The maximum Gasteiger partial charge on any atom is 0.220 e. The molecule has 2 atom stereocenters. The van der Waals surface area contributed by atoms with Crippen molar-refractivity contribution in [3.8, 4) is 0 Å². The van der Waals surface area contributed by atoms with E-state index in [-0.39, 0.29) is 11.9 Å². The van der Waals surface area contributed by atoms with Gasteiger partial charge < -0.3 is 15.6 Å². The van der Waals surface area contributed by atoms with Crippen molar-refractivity contribution in [3.05, 3.63) is 23.5 Å². The number of nitrogens with zero attached hydrogens (tertiary/aromatic N) is 1. The van der Waals surface area contributed by atoms with Gasteiger partial charge >= 0.3 is 0 Å². The fraction of sp³-hybridized carbons (Fsp3) is 0.615. The van der Waals surface area contributed by atoms with Crippen molar-refractivity contribution in [3.63, 3.8) is 0 Å². The van der Waals surface area contributed by atoms with Crippen LogP contribution in [-0.4, -0.2) is 17.0 Å². The highest BCUT2D eigenvalue weighted by Crippen LogP contribution is 2.32. The van der Waals surface area contributed by atoms with Gasteiger partial charge in [-0.25, -0.2) is 0 Å². The molecule has 4 heteroatoms. The van der Waals surface area contributed by atoms with Gasteiger partial charge in [-0.05, 0) is 37.3 Å². The summed E-state index contributed by atoms with van der Waals surface area (Å²) in [5.41, 5.74) is 8.83. The number of nitrogens with one attached hydrogen (secondary N) is 1. The SMILES string of the molecule is NC1CCCc2c1ccn2C1CCC(=O)NC1. The molecule has 1 saturated heterocycles. The first kappa shape index (κ1) is 10.8. The predicted octanol–water partition coefficient (Wildman–Crippen LogP) is 1.28. The quantitative estimate of drug-likeness (QED) is 0.767. The summed E-state index contributed by atoms with van der Waals surface area (Å²) in [7, 11) is 0. The predicted molar refractivity (Wildman–Crippen MR) is 65.6 cm³/mol. The first-order valence-electron chi connectivity index (χ1n) is 6.47. The maximum atomic E-state index is 11.2. The third-order valence-corrected chi connectivity index (χ3v) is 4.02. The number of carbonyl (C=O) groups is 1. The van der Waals surface area contributed by atoms with Crippen molar-refractivity contribution in [1.82, 2.24) is 9.88 Å². The standard InChI is InChI=1S/C13H19N3O/c14-11-2-1-3-12-10(11)6-7-16(12)9-4-5-13(17)15-8-9/h6-7,9,11H,1-5,8,14H2,(H,15,17). The van der Waals surface area contributed by atoms with E-state index in [9.17, 15) is 4.79 Å². The van der Waals surface area contributed by atoms with Gasteiger partial charge in [0.05, 0.1) is 6.04 Å². The average Bonchev–Trinajstić information content (AvgIpc) is 2.75. The highest BCUT2D eigenvalue weighted by Gasteiger charge is 2.25. The summed E-state index contributed by atoms with van der Waals surface area (Å²) in [6, 6.07) is 2.79. The van der Waals surface area contributed by atoms with E-state index in [0.717, 1.165) is 25.8 Å². The van der Waals surface area contributed by atoms with Gasteiger partial charge in [0, 0.05) is 30.9 Å². The van der Waals surface area contributed by atoms with Crippen LogP contribution in [0.15, 0.2) is 12.3 Å². The van der Waals surface area contributed by atoms with Crippen LogP contribution in [0.5, 0.6) is 0 Å². The van der Waals surface area contributed by atoms with Gasteiger partial charge in [0.2, 0.25) is 5.91 Å². The Morgan fingerprint density at radius 3 is 3.00 bits per heavy atom. The zero-order chi connectivity index (χ0) is 11.8. The second kappa shape index (κ2) is 4.18. The van der Waals surface area contributed by atoms with Crippen LogP contribution < -0.4 is 11.1 Å². The third-order valence-electron chi connectivity index (χ3n) is 4.02. The number of nitrogens with two attached hydrogens (primary N) is 1. The summed E-state index contributed by atoms with van der Waals surface area (Å²) in [6.07, 6.45) is 7.14. The third kappa shape index (κ3) is 1.86. The lowest BCUT2D eigenvalue weighted by molar-refractivity contribution is -0.122. The van der Waals surface area contributed by atoms with Gasteiger partial charge in [0.15, 0.2) is 0 Å². The van der Waals surface area contributed by atoms with Crippen molar-refractivity contribution in [2.45, 2.75) is 44.2 Å². The second-order valence-electron chi connectivity index (χ2n) is 5.12. The first-order valence-corrected chi connectivity index (χ1v) is 6.47. The molecule has 3 N–H and O–H groups in total. The molecule has 1 aliphatic heterocycles. The largest absolute Gasteiger partial charge is 0.354 e. The molecule has 92 valence electrons. The molecule has 2 heterocycles. The summed E-state index contributed by atoms with van der Waals surface area (Å²) in [5.74, 6) is 0.180. The Labute approximate surface area is 101 Å². The molecule has 1 aromatic rings. The van der Waals surface area contributed by atoms with Crippen molar-refractivity contribution in [2.75, 3.05) is 6.54 Å². The lowest BCUT2D eigenvalue weighted by atomic mass is 9.93. The minimum Gasteiger partial charge on any atom is -0.354 e. The molecule has 1 fully saturated rings. The summed E-state index contributed by atoms with van der Waals surface area (Å²) >= 11 is 0.